The number of rotatable bonds is 7. The Balaban J connectivity index is 1.44. The van der Waals surface area contributed by atoms with Gasteiger partial charge in [-0.2, -0.15) is 0 Å². The number of carbonyl (C=O) groups excluding carboxylic acids is 4. The Morgan fingerprint density at radius 2 is 1.52 bits per heavy atom. The molecule has 2 aromatic carbocycles. The fourth-order valence-electron chi connectivity index (χ4n) is 2.56. The van der Waals surface area contributed by atoms with Gasteiger partial charge in [-0.05, 0) is 48.5 Å². The molecule has 0 unspecified atom stereocenters. The van der Waals surface area contributed by atoms with Crippen molar-refractivity contribution in [1.29, 1.82) is 0 Å². The lowest BCUT2D eigenvalue weighted by Crippen LogP contribution is -2.36. The van der Waals surface area contributed by atoms with Gasteiger partial charge in [-0.3, -0.25) is 24.1 Å². The molecule has 3 amide bonds. The van der Waals surface area contributed by atoms with Crippen LogP contribution >= 0.6 is 27.7 Å². The smallest absolute Gasteiger partial charge is 0.326 e. The third kappa shape index (κ3) is 6.16. The van der Waals surface area contributed by atoms with Gasteiger partial charge in [0.25, 0.3) is 5.91 Å². The van der Waals surface area contributed by atoms with Gasteiger partial charge in [0.2, 0.25) is 11.8 Å². The lowest BCUT2D eigenvalue weighted by Gasteiger charge is -2.12. The number of nitrogens with zero attached hydrogens (tertiary/aromatic N) is 1. The van der Waals surface area contributed by atoms with Crippen LogP contribution in [0.25, 0.3) is 0 Å². The van der Waals surface area contributed by atoms with Gasteiger partial charge >= 0.3 is 5.97 Å². The van der Waals surface area contributed by atoms with Crippen LogP contribution in [0.15, 0.2) is 62.8 Å². The molecule has 1 aliphatic rings. The number of likely N-dealkylation sites (tertiary alicyclic amines) is 1. The van der Waals surface area contributed by atoms with Crippen LogP contribution < -0.4 is 5.32 Å². The van der Waals surface area contributed by atoms with E-state index in [0.29, 0.717) is 5.69 Å². The molecule has 1 N–H and O–H groups in total. The third-order valence-electron chi connectivity index (χ3n) is 3.99. The van der Waals surface area contributed by atoms with Crippen molar-refractivity contribution in [3.8, 4) is 0 Å². The van der Waals surface area contributed by atoms with E-state index in [1.165, 1.54) is 0 Å². The van der Waals surface area contributed by atoms with E-state index < -0.39 is 36.8 Å². The number of hydrogen-bond acceptors (Lipinski definition) is 6. The van der Waals surface area contributed by atoms with Gasteiger partial charge in [0.15, 0.2) is 6.61 Å². The molecule has 0 radical (unpaired) electrons. The van der Waals surface area contributed by atoms with E-state index in [-0.39, 0.29) is 12.8 Å². The van der Waals surface area contributed by atoms with Crippen molar-refractivity contribution < 1.29 is 23.9 Å². The Bertz CT molecular complexity index is 915. The van der Waals surface area contributed by atoms with E-state index in [1.807, 2.05) is 36.4 Å². The van der Waals surface area contributed by atoms with E-state index in [2.05, 4.69) is 21.2 Å². The minimum absolute atomic E-state index is 0.0999. The average Bonchev–Trinajstić information content (AvgIpc) is 3.02. The van der Waals surface area contributed by atoms with Gasteiger partial charge in [0, 0.05) is 32.8 Å². The summed E-state index contributed by atoms with van der Waals surface area (Å²) in [7, 11) is 0. The topological polar surface area (TPSA) is 92.8 Å². The van der Waals surface area contributed by atoms with Gasteiger partial charge in [0.05, 0.1) is 0 Å². The van der Waals surface area contributed by atoms with Crippen LogP contribution in [-0.2, 0) is 23.9 Å². The SMILES string of the molecule is O=C(COC(=O)CN1C(=O)CCC1=O)Nc1ccc(Sc2ccc(Br)cc2)cc1. The van der Waals surface area contributed by atoms with E-state index in [0.717, 1.165) is 19.2 Å². The molecule has 0 aromatic heterocycles. The molecule has 29 heavy (non-hydrogen) atoms. The Kier molecular flexibility index (Phi) is 7.05. The quantitative estimate of drug-likeness (QED) is 0.487. The maximum atomic E-state index is 11.9. The number of imide groups is 1. The molecular formula is C20H17BrN2O5S. The highest BCUT2D eigenvalue weighted by Gasteiger charge is 2.31. The van der Waals surface area contributed by atoms with Crippen LogP contribution in [0, 0.1) is 0 Å². The number of carbonyl (C=O) groups is 4. The Labute approximate surface area is 179 Å². The van der Waals surface area contributed by atoms with Gasteiger partial charge in [-0.25, -0.2) is 0 Å². The van der Waals surface area contributed by atoms with Crippen LogP contribution in [0.2, 0.25) is 0 Å². The molecular weight excluding hydrogens is 460 g/mol. The first-order valence-corrected chi connectivity index (χ1v) is 10.3. The first kappa shape index (κ1) is 21.1. The zero-order chi connectivity index (χ0) is 20.8. The minimum atomic E-state index is -0.801. The molecule has 7 nitrogen and oxygen atoms in total. The summed E-state index contributed by atoms with van der Waals surface area (Å²) >= 11 is 4.99. The molecule has 1 heterocycles. The average molecular weight is 477 g/mol. The summed E-state index contributed by atoms with van der Waals surface area (Å²) in [5.74, 6) is -2.12. The molecule has 9 heteroatoms. The first-order valence-electron chi connectivity index (χ1n) is 8.73. The summed E-state index contributed by atoms with van der Waals surface area (Å²) in [4.78, 5) is 49.6. The summed E-state index contributed by atoms with van der Waals surface area (Å²) in [5, 5.41) is 2.63. The van der Waals surface area contributed by atoms with Crippen molar-refractivity contribution in [2.75, 3.05) is 18.5 Å². The summed E-state index contributed by atoms with van der Waals surface area (Å²) in [6.07, 6.45) is 0.200. The number of amides is 3. The Hall–Kier alpha value is -2.65. The van der Waals surface area contributed by atoms with Crippen molar-refractivity contribution in [2.24, 2.45) is 0 Å². The second kappa shape index (κ2) is 9.71. The summed E-state index contributed by atoms with van der Waals surface area (Å²) in [5.41, 5.74) is 0.566. The molecule has 0 aliphatic carbocycles. The van der Waals surface area contributed by atoms with E-state index in [1.54, 1.807) is 23.9 Å². The fourth-order valence-corrected chi connectivity index (χ4v) is 3.64. The molecule has 1 aliphatic heterocycles. The second-order valence-electron chi connectivity index (χ2n) is 6.16. The van der Waals surface area contributed by atoms with Crippen molar-refractivity contribution in [3.05, 3.63) is 53.0 Å². The highest BCUT2D eigenvalue weighted by Crippen LogP contribution is 2.29. The number of benzene rings is 2. The Morgan fingerprint density at radius 1 is 0.966 bits per heavy atom. The van der Waals surface area contributed by atoms with Gasteiger partial charge in [-0.15, -0.1) is 0 Å². The van der Waals surface area contributed by atoms with Gasteiger partial charge in [0.1, 0.15) is 6.54 Å². The van der Waals surface area contributed by atoms with Gasteiger partial charge in [-0.1, -0.05) is 27.7 Å². The normalized spacial score (nSPS) is 13.5. The van der Waals surface area contributed by atoms with Gasteiger partial charge < -0.3 is 10.1 Å². The minimum Gasteiger partial charge on any atom is -0.454 e. The molecule has 0 bridgehead atoms. The predicted octanol–water partition coefficient (Wildman–Crippen LogP) is 3.23. The summed E-state index contributed by atoms with van der Waals surface area (Å²) in [6.45, 7) is -0.961. The predicted molar refractivity (Wildman–Crippen MR) is 110 cm³/mol. The second-order valence-corrected chi connectivity index (χ2v) is 8.23. The molecule has 0 saturated carbocycles. The number of nitrogens with one attached hydrogen (secondary N) is 1. The highest BCUT2D eigenvalue weighted by molar-refractivity contribution is 9.10. The molecule has 2 aromatic rings. The number of esters is 1. The zero-order valence-corrected chi connectivity index (χ0v) is 17.6. The van der Waals surface area contributed by atoms with Crippen molar-refractivity contribution in [3.63, 3.8) is 0 Å². The van der Waals surface area contributed by atoms with Crippen LogP contribution in [0.3, 0.4) is 0 Å². The number of anilines is 1. The van der Waals surface area contributed by atoms with E-state index >= 15 is 0 Å². The lowest BCUT2D eigenvalue weighted by atomic mass is 10.3. The van der Waals surface area contributed by atoms with E-state index in [9.17, 15) is 19.2 Å². The molecule has 150 valence electrons. The van der Waals surface area contributed by atoms with Crippen LogP contribution in [0.4, 0.5) is 5.69 Å². The molecule has 0 spiro atoms. The summed E-state index contributed by atoms with van der Waals surface area (Å²) < 4.78 is 5.86. The third-order valence-corrected chi connectivity index (χ3v) is 5.54. The fraction of sp³-hybridized carbons (Fsp3) is 0.200. The van der Waals surface area contributed by atoms with Crippen molar-refractivity contribution in [1.82, 2.24) is 4.90 Å². The molecule has 0 atom stereocenters. The number of ether oxygens (including phenoxy) is 1. The summed E-state index contributed by atoms with van der Waals surface area (Å²) in [6, 6.07) is 15.2. The highest BCUT2D eigenvalue weighted by atomic mass is 79.9. The zero-order valence-electron chi connectivity index (χ0n) is 15.2. The van der Waals surface area contributed by atoms with Crippen LogP contribution in [0.5, 0.6) is 0 Å². The molecule has 1 saturated heterocycles. The van der Waals surface area contributed by atoms with Crippen molar-refractivity contribution in [2.45, 2.75) is 22.6 Å². The Morgan fingerprint density at radius 3 is 2.10 bits per heavy atom. The lowest BCUT2D eigenvalue weighted by molar-refractivity contribution is -0.153. The molecule has 1 fully saturated rings. The number of hydrogen-bond donors (Lipinski definition) is 1. The standard InChI is InChI=1S/C20H17BrN2O5S/c21-13-1-5-15(6-2-13)29-16-7-3-14(4-8-16)22-17(24)12-28-20(27)11-23-18(25)9-10-19(23)26/h1-8H,9-12H2,(H,22,24). The monoisotopic (exact) mass is 476 g/mol. The number of halogens is 1. The maximum absolute atomic E-state index is 11.9. The largest absolute Gasteiger partial charge is 0.454 e. The van der Waals surface area contributed by atoms with E-state index in [4.69, 9.17) is 4.74 Å². The molecule has 3 rings (SSSR count). The van der Waals surface area contributed by atoms with Crippen LogP contribution in [0.1, 0.15) is 12.8 Å². The first-order chi connectivity index (χ1) is 13.9. The maximum Gasteiger partial charge on any atom is 0.326 e. The van der Waals surface area contributed by atoms with Crippen molar-refractivity contribution >= 4 is 57.1 Å². The van der Waals surface area contributed by atoms with Crippen LogP contribution in [-0.4, -0.2) is 41.7 Å².